The Labute approximate surface area is 197 Å². The number of amides is 4. The Bertz CT molecular complexity index is 875. The number of nitrogens with one attached hydrogen (secondary N) is 3. The molecule has 4 unspecified atom stereocenters. The van der Waals surface area contributed by atoms with Crippen molar-refractivity contribution in [2.45, 2.75) is 57.7 Å². The van der Waals surface area contributed by atoms with Crippen LogP contribution in [0.5, 0.6) is 5.75 Å². The van der Waals surface area contributed by atoms with Crippen molar-refractivity contribution < 1.29 is 34.2 Å². The molecule has 4 atom stereocenters. The number of aliphatic carboxylic acids is 1. The predicted octanol–water partition coefficient (Wildman–Crippen LogP) is -1.26. The van der Waals surface area contributed by atoms with Crippen LogP contribution < -0.4 is 27.4 Å². The van der Waals surface area contributed by atoms with Gasteiger partial charge in [-0.3, -0.25) is 24.0 Å². The van der Waals surface area contributed by atoms with E-state index < -0.39 is 54.3 Å². The predicted molar refractivity (Wildman–Crippen MR) is 122 cm³/mol. The average molecular weight is 480 g/mol. The molecule has 12 nitrogen and oxygen atoms in total. The molecule has 1 aromatic carbocycles. The second kappa shape index (κ2) is 13.8. The highest BCUT2D eigenvalue weighted by Crippen LogP contribution is 2.13. The fourth-order valence-electron chi connectivity index (χ4n) is 3.04. The summed E-state index contributed by atoms with van der Waals surface area (Å²) < 4.78 is 0. The van der Waals surface area contributed by atoms with Crippen LogP contribution in [0.2, 0.25) is 0 Å². The fraction of sp³-hybridized carbons (Fsp3) is 0.500. The molecule has 0 aliphatic carbocycles. The number of carbonyl (C=O) groups is 5. The smallest absolute Gasteiger partial charge is 0.322 e. The lowest BCUT2D eigenvalue weighted by molar-refractivity contribution is -0.139. The van der Waals surface area contributed by atoms with E-state index >= 15 is 0 Å². The van der Waals surface area contributed by atoms with Crippen LogP contribution in [0.15, 0.2) is 24.3 Å². The van der Waals surface area contributed by atoms with Crippen molar-refractivity contribution in [1.82, 2.24) is 16.0 Å². The van der Waals surface area contributed by atoms with E-state index in [-0.39, 0.29) is 30.9 Å². The van der Waals surface area contributed by atoms with E-state index in [9.17, 15) is 29.1 Å². The summed E-state index contributed by atoms with van der Waals surface area (Å²) in [5.41, 5.74) is 11.8. The van der Waals surface area contributed by atoms with E-state index in [2.05, 4.69) is 16.0 Å². The first-order valence-electron chi connectivity index (χ1n) is 10.9. The number of hydrogen-bond acceptors (Lipinski definition) is 7. The zero-order valence-electron chi connectivity index (χ0n) is 19.2. The van der Waals surface area contributed by atoms with Gasteiger partial charge in [0.2, 0.25) is 23.6 Å². The Hall–Kier alpha value is -3.67. The van der Waals surface area contributed by atoms with Crippen molar-refractivity contribution in [3.63, 3.8) is 0 Å². The molecule has 0 aliphatic heterocycles. The topological polar surface area (TPSA) is 214 Å². The fourth-order valence-corrected chi connectivity index (χ4v) is 3.04. The molecule has 0 aromatic heterocycles. The monoisotopic (exact) mass is 479 g/mol. The first-order valence-corrected chi connectivity index (χ1v) is 10.9. The highest BCUT2D eigenvalue weighted by molar-refractivity contribution is 5.94. The minimum atomic E-state index is -1.28. The van der Waals surface area contributed by atoms with E-state index in [4.69, 9.17) is 16.6 Å². The van der Waals surface area contributed by atoms with E-state index in [1.807, 2.05) is 6.92 Å². The Morgan fingerprint density at radius 1 is 1.00 bits per heavy atom. The molecule has 0 radical (unpaired) electrons. The molecule has 34 heavy (non-hydrogen) atoms. The van der Waals surface area contributed by atoms with Crippen LogP contribution in [0.4, 0.5) is 0 Å². The largest absolute Gasteiger partial charge is 0.508 e. The number of rotatable bonds is 14. The van der Waals surface area contributed by atoms with Crippen molar-refractivity contribution >= 4 is 29.6 Å². The second-order valence-electron chi connectivity index (χ2n) is 8.03. The molecule has 1 aromatic rings. The summed E-state index contributed by atoms with van der Waals surface area (Å²) in [7, 11) is 0. The molecule has 188 valence electrons. The standard InChI is InChI=1S/C22H33N5O7/c1-3-12(2)19(27-20(32)15(23)10-13-4-6-14(28)7-5-13)22(34)26-16(8-9-17(24)29)21(33)25-11-18(30)31/h4-7,12,15-16,19,28H,3,8-11,23H2,1-2H3,(H2,24,29)(H,25,33)(H,26,34)(H,27,32)(H,30,31). The van der Waals surface area contributed by atoms with Gasteiger partial charge in [0.1, 0.15) is 24.4 Å². The Morgan fingerprint density at radius 3 is 2.15 bits per heavy atom. The SMILES string of the molecule is CCC(C)C(NC(=O)C(N)Cc1ccc(O)cc1)C(=O)NC(CCC(N)=O)C(=O)NCC(=O)O. The van der Waals surface area contributed by atoms with Crippen molar-refractivity contribution in [3.8, 4) is 5.75 Å². The number of carboxylic acids is 1. The maximum atomic E-state index is 13.0. The van der Waals surface area contributed by atoms with Gasteiger partial charge < -0.3 is 37.6 Å². The summed E-state index contributed by atoms with van der Waals surface area (Å²) in [6, 6.07) is 2.95. The zero-order chi connectivity index (χ0) is 25.8. The van der Waals surface area contributed by atoms with Gasteiger partial charge in [0.05, 0.1) is 6.04 Å². The molecule has 0 bridgehead atoms. The van der Waals surface area contributed by atoms with Gasteiger partial charge in [-0.2, -0.15) is 0 Å². The van der Waals surface area contributed by atoms with Crippen molar-refractivity contribution in [1.29, 1.82) is 0 Å². The third-order valence-electron chi connectivity index (χ3n) is 5.25. The second-order valence-corrected chi connectivity index (χ2v) is 8.03. The van der Waals surface area contributed by atoms with Crippen LogP contribution in [0, 0.1) is 5.92 Å². The van der Waals surface area contributed by atoms with E-state index in [0.29, 0.717) is 12.0 Å². The van der Waals surface area contributed by atoms with Gasteiger partial charge >= 0.3 is 5.97 Å². The van der Waals surface area contributed by atoms with Crippen LogP contribution in [0.25, 0.3) is 0 Å². The molecule has 4 amide bonds. The molecule has 0 aliphatic rings. The number of phenolic OH excluding ortho intramolecular Hbond substituents is 1. The average Bonchev–Trinajstić information content (AvgIpc) is 2.78. The molecule has 1 rings (SSSR count). The van der Waals surface area contributed by atoms with E-state index in [1.165, 1.54) is 12.1 Å². The van der Waals surface area contributed by atoms with Crippen LogP contribution in [0.1, 0.15) is 38.7 Å². The highest BCUT2D eigenvalue weighted by atomic mass is 16.4. The lowest BCUT2D eigenvalue weighted by Gasteiger charge is -2.27. The van der Waals surface area contributed by atoms with Crippen molar-refractivity contribution in [3.05, 3.63) is 29.8 Å². The maximum absolute atomic E-state index is 13.0. The minimum absolute atomic E-state index is 0.0774. The summed E-state index contributed by atoms with van der Waals surface area (Å²) in [6.07, 6.45) is 0.319. The number of nitrogens with two attached hydrogens (primary N) is 2. The third kappa shape index (κ3) is 9.86. The van der Waals surface area contributed by atoms with Gasteiger partial charge in [0, 0.05) is 6.42 Å². The van der Waals surface area contributed by atoms with Gasteiger partial charge in [-0.15, -0.1) is 0 Å². The minimum Gasteiger partial charge on any atom is -0.508 e. The normalized spacial score (nSPS) is 14.2. The lowest BCUT2D eigenvalue weighted by atomic mass is 9.96. The molecule has 0 saturated heterocycles. The van der Waals surface area contributed by atoms with Crippen molar-refractivity contribution in [2.24, 2.45) is 17.4 Å². The first-order chi connectivity index (χ1) is 15.9. The maximum Gasteiger partial charge on any atom is 0.322 e. The van der Waals surface area contributed by atoms with Gasteiger partial charge in [-0.1, -0.05) is 32.4 Å². The van der Waals surface area contributed by atoms with Crippen LogP contribution >= 0.6 is 0 Å². The van der Waals surface area contributed by atoms with E-state index in [1.54, 1.807) is 19.1 Å². The molecule has 0 heterocycles. The zero-order valence-corrected chi connectivity index (χ0v) is 19.2. The Kier molecular flexibility index (Phi) is 11.5. The third-order valence-corrected chi connectivity index (χ3v) is 5.25. The molecular formula is C22H33N5O7. The number of carboxylic acid groups (broad SMARTS) is 1. The molecule has 0 saturated carbocycles. The summed E-state index contributed by atoms with van der Waals surface area (Å²) in [4.78, 5) is 59.9. The van der Waals surface area contributed by atoms with Gasteiger partial charge in [-0.05, 0) is 36.5 Å². The highest BCUT2D eigenvalue weighted by Gasteiger charge is 2.31. The summed E-state index contributed by atoms with van der Waals surface area (Å²) in [6.45, 7) is 2.88. The number of aromatic hydroxyl groups is 1. The molecular weight excluding hydrogens is 446 g/mol. The molecule has 0 fully saturated rings. The van der Waals surface area contributed by atoms with Crippen LogP contribution in [-0.2, 0) is 30.4 Å². The lowest BCUT2D eigenvalue weighted by Crippen LogP contribution is -2.58. The van der Waals surface area contributed by atoms with Crippen LogP contribution in [0.3, 0.4) is 0 Å². The summed E-state index contributed by atoms with van der Waals surface area (Å²) in [5.74, 6) is -4.29. The molecule has 0 spiro atoms. The quantitative estimate of drug-likeness (QED) is 0.171. The summed E-state index contributed by atoms with van der Waals surface area (Å²) in [5, 5.41) is 25.4. The van der Waals surface area contributed by atoms with Gasteiger partial charge in [0.15, 0.2) is 0 Å². The summed E-state index contributed by atoms with van der Waals surface area (Å²) >= 11 is 0. The number of carbonyl (C=O) groups excluding carboxylic acids is 4. The first kappa shape index (κ1) is 28.4. The van der Waals surface area contributed by atoms with E-state index in [0.717, 1.165) is 0 Å². The van der Waals surface area contributed by atoms with Crippen LogP contribution in [-0.4, -0.2) is 64.5 Å². The van der Waals surface area contributed by atoms with Gasteiger partial charge in [0.25, 0.3) is 0 Å². The number of hydrogen-bond donors (Lipinski definition) is 7. The number of benzene rings is 1. The Balaban J connectivity index is 2.91. The van der Waals surface area contributed by atoms with Gasteiger partial charge in [-0.25, -0.2) is 0 Å². The molecule has 9 N–H and O–H groups in total. The number of primary amides is 1. The van der Waals surface area contributed by atoms with Crippen molar-refractivity contribution in [2.75, 3.05) is 6.54 Å². The molecule has 12 heteroatoms. The number of phenols is 1. The Morgan fingerprint density at radius 2 is 1.62 bits per heavy atom.